The molecular weight excluding hydrogens is 382 g/mol. The highest BCUT2D eigenvalue weighted by molar-refractivity contribution is 7.13. The van der Waals surface area contributed by atoms with Crippen molar-refractivity contribution in [2.45, 2.75) is 45.3 Å². The SMILES string of the molecule is Cc1oc(-c2cccs2)nc1CN1CC[C@@H]2C[C@H](N(C)Cc3ncc[nH]3)C[C@@H]2C1. The molecule has 1 saturated heterocycles. The molecule has 4 heterocycles. The van der Waals surface area contributed by atoms with Crippen LogP contribution in [-0.4, -0.2) is 50.9 Å². The number of nitrogens with one attached hydrogen (secondary N) is 1. The number of imidazole rings is 1. The van der Waals surface area contributed by atoms with Gasteiger partial charge in [-0.1, -0.05) is 6.07 Å². The van der Waals surface area contributed by atoms with Gasteiger partial charge in [-0.05, 0) is 63.1 Å². The van der Waals surface area contributed by atoms with Gasteiger partial charge in [-0.3, -0.25) is 9.80 Å². The lowest BCUT2D eigenvalue weighted by atomic mass is 9.88. The van der Waals surface area contributed by atoms with Gasteiger partial charge in [0, 0.05) is 31.5 Å². The monoisotopic (exact) mass is 411 g/mol. The molecule has 2 fully saturated rings. The van der Waals surface area contributed by atoms with Crippen LogP contribution in [0.1, 0.15) is 36.5 Å². The molecule has 1 aliphatic heterocycles. The van der Waals surface area contributed by atoms with Gasteiger partial charge in [0.05, 0.1) is 17.1 Å². The molecule has 1 aliphatic carbocycles. The lowest BCUT2D eigenvalue weighted by Gasteiger charge is -2.34. The van der Waals surface area contributed by atoms with Gasteiger partial charge in [0.1, 0.15) is 11.6 Å². The Labute approximate surface area is 176 Å². The third kappa shape index (κ3) is 4.04. The summed E-state index contributed by atoms with van der Waals surface area (Å²) in [7, 11) is 2.24. The van der Waals surface area contributed by atoms with Crippen LogP contribution in [0.4, 0.5) is 0 Å². The van der Waals surface area contributed by atoms with Crippen molar-refractivity contribution < 1.29 is 4.42 Å². The second-order valence-corrected chi connectivity index (χ2v) is 9.57. The Hall–Kier alpha value is -1.96. The maximum atomic E-state index is 5.94. The third-order valence-electron chi connectivity index (χ3n) is 6.70. The number of aryl methyl sites for hydroxylation is 1. The molecule has 6 nitrogen and oxygen atoms in total. The van der Waals surface area contributed by atoms with E-state index >= 15 is 0 Å². The minimum absolute atomic E-state index is 0.661. The molecule has 1 N–H and O–H groups in total. The summed E-state index contributed by atoms with van der Waals surface area (Å²) >= 11 is 1.68. The summed E-state index contributed by atoms with van der Waals surface area (Å²) < 4.78 is 5.94. The van der Waals surface area contributed by atoms with Gasteiger partial charge in [-0.2, -0.15) is 0 Å². The van der Waals surface area contributed by atoms with Gasteiger partial charge in [-0.25, -0.2) is 9.97 Å². The van der Waals surface area contributed by atoms with Crippen LogP contribution >= 0.6 is 11.3 Å². The number of H-pyrrole nitrogens is 1. The summed E-state index contributed by atoms with van der Waals surface area (Å²) in [6, 6.07) is 4.78. The fraction of sp³-hybridized carbons (Fsp3) is 0.545. The molecule has 0 spiro atoms. The molecule has 1 saturated carbocycles. The largest absolute Gasteiger partial charge is 0.440 e. The molecule has 0 radical (unpaired) electrons. The number of hydrogen-bond donors (Lipinski definition) is 1. The Balaban J connectivity index is 1.19. The molecule has 5 rings (SSSR count). The van der Waals surface area contributed by atoms with Crippen LogP contribution in [0.2, 0.25) is 0 Å². The lowest BCUT2D eigenvalue weighted by Crippen LogP contribution is -2.38. The van der Waals surface area contributed by atoms with Crippen molar-refractivity contribution in [2.24, 2.45) is 11.8 Å². The van der Waals surface area contributed by atoms with E-state index in [1.54, 1.807) is 11.3 Å². The second kappa shape index (κ2) is 8.05. The molecule has 3 aromatic rings. The van der Waals surface area contributed by atoms with Gasteiger partial charge >= 0.3 is 0 Å². The predicted molar refractivity (Wildman–Crippen MR) is 115 cm³/mol. The molecule has 0 bridgehead atoms. The minimum Gasteiger partial charge on any atom is -0.440 e. The van der Waals surface area contributed by atoms with Crippen molar-refractivity contribution in [3.63, 3.8) is 0 Å². The highest BCUT2D eigenvalue weighted by Gasteiger charge is 2.39. The smallest absolute Gasteiger partial charge is 0.236 e. The molecule has 7 heteroatoms. The zero-order chi connectivity index (χ0) is 19.8. The number of thiophene rings is 1. The summed E-state index contributed by atoms with van der Waals surface area (Å²) in [6.45, 7) is 6.19. The Morgan fingerprint density at radius 3 is 3.03 bits per heavy atom. The van der Waals surface area contributed by atoms with Crippen molar-refractivity contribution in [2.75, 3.05) is 20.1 Å². The van der Waals surface area contributed by atoms with E-state index in [9.17, 15) is 0 Å². The highest BCUT2D eigenvalue weighted by Crippen LogP contribution is 2.40. The first-order valence-corrected chi connectivity index (χ1v) is 11.4. The Kier molecular flexibility index (Phi) is 5.28. The predicted octanol–water partition coefficient (Wildman–Crippen LogP) is 4.17. The van der Waals surface area contributed by atoms with Gasteiger partial charge in [0.25, 0.3) is 0 Å². The summed E-state index contributed by atoms with van der Waals surface area (Å²) in [6.07, 6.45) is 7.65. The van der Waals surface area contributed by atoms with Crippen molar-refractivity contribution in [3.05, 3.63) is 47.2 Å². The average Bonchev–Trinajstić information content (AvgIpc) is 3.49. The Morgan fingerprint density at radius 1 is 1.34 bits per heavy atom. The highest BCUT2D eigenvalue weighted by atomic mass is 32.1. The quantitative estimate of drug-likeness (QED) is 0.660. The van der Waals surface area contributed by atoms with E-state index in [0.717, 1.165) is 59.5 Å². The minimum atomic E-state index is 0.661. The first-order valence-electron chi connectivity index (χ1n) is 10.6. The van der Waals surface area contributed by atoms with Crippen molar-refractivity contribution >= 4 is 11.3 Å². The van der Waals surface area contributed by atoms with E-state index in [1.165, 1.54) is 25.8 Å². The summed E-state index contributed by atoms with van der Waals surface area (Å²) in [5, 5.41) is 2.07. The first-order chi connectivity index (χ1) is 14.2. The lowest BCUT2D eigenvalue weighted by molar-refractivity contribution is 0.130. The van der Waals surface area contributed by atoms with Gasteiger partial charge < -0.3 is 9.40 Å². The van der Waals surface area contributed by atoms with Crippen LogP contribution in [0.15, 0.2) is 34.3 Å². The summed E-state index contributed by atoms with van der Waals surface area (Å²) in [4.78, 5) is 18.6. The number of oxazole rings is 1. The molecule has 0 unspecified atom stereocenters. The van der Waals surface area contributed by atoms with Crippen LogP contribution in [-0.2, 0) is 13.1 Å². The van der Waals surface area contributed by atoms with Gasteiger partial charge in [0.2, 0.25) is 5.89 Å². The van der Waals surface area contributed by atoms with Gasteiger partial charge in [-0.15, -0.1) is 11.3 Å². The topological polar surface area (TPSA) is 61.2 Å². The molecule has 29 heavy (non-hydrogen) atoms. The molecule has 0 amide bonds. The molecule has 154 valence electrons. The fourth-order valence-electron chi connectivity index (χ4n) is 5.07. The van der Waals surface area contributed by atoms with E-state index in [4.69, 9.17) is 9.40 Å². The maximum Gasteiger partial charge on any atom is 0.236 e. The standard InChI is InChI=1S/C22H29N5OS/c1-15-19(25-22(28-15)20-4-3-9-29-20)13-27-8-5-16-10-18(11-17(16)12-27)26(2)14-21-23-6-7-24-21/h3-4,6-7,9,16-18H,5,8,10-14H2,1-2H3,(H,23,24)/t16-,17-,18+/m1/s1. The summed E-state index contributed by atoms with van der Waals surface area (Å²) in [5.41, 5.74) is 1.09. The molecule has 3 aromatic heterocycles. The van der Waals surface area contributed by atoms with E-state index < -0.39 is 0 Å². The Morgan fingerprint density at radius 2 is 2.24 bits per heavy atom. The average molecular weight is 412 g/mol. The fourth-order valence-corrected chi connectivity index (χ4v) is 5.72. The molecule has 3 atom stereocenters. The number of rotatable bonds is 6. The normalized spacial score (nSPS) is 25.0. The summed E-state index contributed by atoms with van der Waals surface area (Å²) in [5.74, 6) is 4.43. The molecule has 2 aliphatic rings. The van der Waals surface area contributed by atoms with E-state index in [2.05, 4.69) is 38.3 Å². The van der Waals surface area contributed by atoms with Crippen molar-refractivity contribution in [1.82, 2.24) is 24.8 Å². The number of hydrogen-bond acceptors (Lipinski definition) is 6. The van der Waals surface area contributed by atoms with Crippen LogP contribution in [0.3, 0.4) is 0 Å². The van der Waals surface area contributed by atoms with Crippen LogP contribution in [0.5, 0.6) is 0 Å². The van der Waals surface area contributed by atoms with Crippen LogP contribution < -0.4 is 0 Å². The number of aromatic nitrogens is 3. The van der Waals surface area contributed by atoms with Crippen molar-refractivity contribution in [3.8, 4) is 10.8 Å². The first kappa shape index (κ1) is 19.0. The molecular formula is C22H29N5OS. The number of piperidine rings is 1. The van der Waals surface area contributed by atoms with E-state index in [0.29, 0.717) is 6.04 Å². The van der Waals surface area contributed by atoms with Crippen LogP contribution in [0, 0.1) is 18.8 Å². The Bertz CT molecular complexity index is 919. The second-order valence-electron chi connectivity index (χ2n) is 8.62. The molecule has 0 aromatic carbocycles. The maximum absolute atomic E-state index is 5.94. The number of nitrogens with zero attached hydrogens (tertiary/aromatic N) is 4. The van der Waals surface area contributed by atoms with E-state index in [1.807, 2.05) is 25.4 Å². The zero-order valence-electron chi connectivity index (χ0n) is 17.2. The van der Waals surface area contributed by atoms with Crippen molar-refractivity contribution in [1.29, 1.82) is 0 Å². The van der Waals surface area contributed by atoms with Crippen LogP contribution in [0.25, 0.3) is 10.8 Å². The van der Waals surface area contributed by atoms with Gasteiger partial charge in [0.15, 0.2) is 0 Å². The third-order valence-corrected chi connectivity index (χ3v) is 7.56. The number of likely N-dealkylation sites (tertiary alicyclic amines) is 1. The zero-order valence-corrected chi connectivity index (χ0v) is 18.0. The number of fused-ring (bicyclic) bond motifs is 1. The van der Waals surface area contributed by atoms with E-state index in [-0.39, 0.29) is 0 Å². The number of aromatic amines is 1.